The number of anilines is 1. The van der Waals surface area contributed by atoms with Crippen LogP contribution in [-0.2, 0) is 4.74 Å². The summed E-state index contributed by atoms with van der Waals surface area (Å²) in [6, 6.07) is 3.74. The normalized spacial score (nSPS) is 11.6. The van der Waals surface area contributed by atoms with Crippen molar-refractivity contribution < 1.29 is 9.53 Å². The summed E-state index contributed by atoms with van der Waals surface area (Å²) in [5.74, 6) is 0. The summed E-state index contributed by atoms with van der Waals surface area (Å²) in [6.07, 6.45) is 3.13. The number of hydrogen-bond acceptors (Lipinski definition) is 3. The maximum absolute atomic E-state index is 11.7. The summed E-state index contributed by atoms with van der Waals surface area (Å²) in [4.78, 5) is 11.7. The van der Waals surface area contributed by atoms with Crippen molar-refractivity contribution in [2.24, 2.45) is 0 Å². The Balaban J connectivity index is 2.20. The molecule has 0 saturated carbocycles. The van der Waals surface area contributed by atoms with E-state index in [4.69, 9.17) is 4.74 Å². The van der Waals surface area contributed by atoms with E-state index in [1.54, 1.807) is 10.7 Å². The first-order valence-electron chi connectivity index (χ1n) is 5.79. The van der Waals surface area contributed by atoms with Crippen molar-refractivity contribution in [2.45, 2.75) is 33.3 Å². The van der Waals surface area contributed by atoms with Crippen molar-refractivity contribution >= 4 is 17.3 Å². The summed E-state index contributed by atoms with van der Waals surface area (Å²) >= 11 is 0. The number of nitrogens with zero attached hydrogens (tertiary/aromatic N) is 2. The highest BCUT2D eigenvalue weighted by Crippen LogP contribution is 2.18. The molecule has 0 aliphatic heterocycles. The van der Waals surface area contributed by atoms with Gasteiger partial charge in [-0.2, -0.15) is 5.10 Å². The molecule has 96 valence electrons. The molecule has 0 atom stereocenters. The SMILES string of the molecule is Cc1cn2nccc2cc1NC(=O)OC(C)(C)C. The highest BCUT2D eigenvalue weighted by atomic mass is 16.6. The Morgan fingerprint density at radius 2 is 2.17 bits per heavy atom. The average Bonchev–Trinajstić information content (AvgIpc) is 2.62. The van der Waals surface area contributed by atoms with Crippen LogP contribution < -0.4 is 5.32 Å². The standard InChI is InChI=1S/C13H17N3O2/c1-9-8-16-10(5-6-14-16)7-11(9)15-12(17)18-13(2,3)4/h5-8H,1-4H3,(H,15,17). The fraction of sp³-hybridized carbons (Fsp3) is 0.385. The average molecular weight is 247 g/mol. The maximum atomic E-state index is 11.7. The largest absolute Gasteiger partial charge is 0.444 e. The molecule has 0 spiro atoms. The van der Waals surface area contributed by atoms with Crippen molar-refractivity contribution in [3.05, 3.63) is 30.1 Å². The number of fused-ring (bicyclic) bond motifs is 1. The molecule has 0 aliphatic carbocycles. The van der Waals surface area contributed by atoms with Gasteiger partial charge in [-0.15, -0.1) is 0 Å². The van der Waals surface area contributed by atoms with Crippen LogP contribution in [0.5, 0.6) is 0 Å². The summed E-state index contributed by atoms with van der Waals surface area (Å²) < 4.78 is 6.98. The molecular formula is C13H17N3O2. The zero-order valence-corrected chi connectivity index (χ0v) is 11.0. The molecule has 2 aromatic rings. The minimum Gasteiger partial charge on any atom is -0.444 e. The minimum absolute atomic E-state index is 0.450. The number of aromatic nitrogens is 2. The number of nitrogens with one attached hydrogen (secondary N) is 1. The Morgan fingerprint density at radius 1 is 1.44 bits per heavy atom. The monoisotopic (exact) mass is 247 g/mol. The summed E-state index contributed by atoms with van der Waals surface area (Å²) in [5.41, 5.74) is 2.08. The van der Waals surface area contributed by atoms with Crippen LogP contribution in [0.25, 0.3) is 5.52 Å². The third-order valence-electron chi connectivity index (χ3n) is 2.37. The number of ether oxygens (including phenoxy) is 1. The molecule has 2 rings (SSSR count). The predicted octanol–water partition coefficient (Wildman–Crippen LogP) is 2.99. The molecule has 18 heavy (non-hydrogen) atoms. The van der Waals surface area contributed by atoms with Crippen molar-refractivity contribution in [1.82, 2.24) is 9.61 Å². The zero-order chi connectivity index (χ0) is 13.3. The van der Waals surface area contributed by atoms with Gasteiger partial charge in [0.1, 0.15) is 5.60 Å². The number of carbonyl (C=O) groups excluding carboxylic acids is 1. The van der Waals surface area contributed by atoms with Gasteiger partial charge in [-0.25, -0.2) is 9.31 Å². The van der Waals surface area contributed by atoms with Gasteiger partial charge in [0.2, 0.25) is 0 Å². The summed E-state index contributed by atoms with van der Waals surface area (Å²) in [5, 5.41) is 6.88. The topological polar surface area (TPSA) is 55.6 Å². The van der Waals surface area contributed by atoms with Gasteiger partial charge in [0, 0.05) is 12.4 Å². The second-order valence-electron chi connectivity index (χ2n) is 5.20. The van der Waals surface area contributed by atoms with Crippen LogP contribution in [0.15, 0.2) is 24.5 Å². The molecular weight excluding hydrogens is 230 g/mol. The van der Waals surface area contributed by atoms with E-state index < -0.39 is 11.7 Å². The first-order valence-corrected chi connectivity index (χ1v) is 5.79. The van der Waals surface area contributed by atoms with Crippen LogP contribution in [0.3, 0.4) is 0 Å². The number of hydrogen-bond donors (Lipinski definition) is 1. The molecule has 0 saturated heterocycles. The van der Waals surface area contributed by atoms with Crippen LogP contribution in [-0.4, -0.2) is 21.3 Å². The van der Waals surface area contributed by atoms with Crippen LogP contribution >= 0.6 is 0 Å². The first kappa shape index (κ1) is 12.4. The van der Waals surface area contributed by atoms with Gasteiger partial charge in [-0.05, 0) is 45.4 Å². The molecule has 2 heterocycles. The molecule has 1 amide bonds. The second-order valence-corrected chi connectivity index (χ2v) is 5.20. The Bertz CT molecular complexity index is 581. The third kappa shape index (κ3) is 2.80. The van der Waals surface area contributed by atoms with Gasteiger partial charge in [-0.1, -0.05) is 0 Å². The number of pyridine rings is 1. The first-order chi connectivity index (χ1) is 8.35. The lowest BCUT2D eigenvalue weighted by molar-refractivity contribution is 0.0636. The lowest BCUT2D eigenvalue weighted by atomic mass is 10.2. The summed E-state index contributed by atoms with van der Waals surface area (Å²) in [7, 11) is 0. The van der Waals surface area contributed by atoms with E-state index in [0.717, 1.165) is 16.8 Å². The molecule has 1 N–H and O–H groups in total. The van der Waals surface area contributed by atoms with Crippen molar-refractivity contribution in [1.29, 1.82) is 0 Å². The van der Waals surface area contributed by atoms with E-state index in [0.29, 0.717) is 0 Å². The minimum atomic E-state index is -0.501. The molecule has 0 aromatic carbocycles. The Morgan fingerprint density at radius 3 is 2.83 bits per heavy atom. The van der Waals surface area contributed by atoms with E-state index in [-0.39, 0.29) is 0 Å². The Kier molecular flexibility index (Phi) is 2.98. The second kappa shape index (κ2) is 4.33. The molecule has 0 bridgehead atoms. The van der Waals surface area contributed by atoms with E-state index in [9.17, 15) is 4.79 Å². The Hall–Kier alpha value is -2.04. The van der Waals surface area contributed by atoms with E-state index in [1.165, 1.54) is 0 Å². The maximum Gasteiger partial charge on any atom is 0.412 e. The van der Waals surface area contributed by atoms with Crippen molar-refractivity contribution in [3.63, 3.8) is 0 Å². The van der Waals surface area contributed by atoms with Gasteiger partial charge in [0.25, 0.3) is 0 Å². The van der Waals surface area contributed by atoms with Gasteiger partial charge >= 0.3 is 6.09 Å². The smallest absolute Gasteiger partial charge is 0.412 e. The fourth-order valence-electron chi connectivity index (χ4n) is 1.61. The van der Waals surface area contributed by atoms with Crippen molar-refractivity contribution in [2.75, 3.05) is 5.32 Å². The molecule has 0 unspecified atom stereocenters. The van der Waals surface area contributed by atoms with Gasteiger partial charge in [-0.3, -0.25) is 5.32 Å². The highest BCUT2D eigenvalue weighted by Gasteiger charge is 2.16. The lowest BCUT2D eigenvalue weighted by Crippen LogP contribution is -2.27. The number of aryl methyl sites for hydroxylation is 1. The number of amides is 1. The van der Waals surface area contributed by atoms with Crippen molar-refractivity contribution in [3.8, 4) is 0 Å². The third-order valence-corrected chi connectivity index (χ3v) is 2.37. The molecule has 0 fully saturated rings. The Labute approximate surface area is 106 Å². The molecule has 2 aromatic heterocycles. The zero-order valence-electron chi connectivity index (χ0n) is 11.0. The van der Waals surface area contributed by atoms with Gasteiger partial charge in [0.15, 0.2) is 0 Å². The summed E-state index contributed by atoms with van der Waals surface area (Å²) in [6.45, 7) is 7.41. The van der Waals surface area contributed by atoms with Crippen LogP contribution in [0.2, 0.25) is 0 Å². The lowest BCUT2D eigenvalue weighted by Gasteiger charge is -2.20. The van der Waals surface area contributed by atoms with Crippen LogP contribution in [0.1, 0.15) is 26.3 Å². The molecule has 5 nitrogen and oxygen atoms in total. The fourth-order valence-corrected chi connectivity index (χ4v) is 1.61. The van der Waals surface area contributed by atoms with E-state index in [1.807, 2.05) is 46.0 Å². The van der Waals surface area contributed by atoms with Crippen LogP contribution in [0, 0.1) is 6.92 Å². The molecule has 5 heteroatoms. The van der Waals surface area contributed by atoms with Gasteiger partial charge in [0.05, 0.1) is 11.2 Å². The van der Waals surface area contributed by atoms with Crippen LogP contribution in [0.4, 0.5) is 10.5 Å². The number of carbonyl (C=O) groups is 1. The quantitative estimate of drug-likeness (QED) is 0.842. The van der Waals surface area contributed by atoms with Gasteiger partial charge < -0.3 is 4.74 Å². The predicted molar refractivity (Wildman–Crippen MR) is 69.8 cm³/mol. The molecule has 0 radical (unpaired) electrons. The van der Waals surface area contributed by atoms with E-state index >= 15 is 0 Å². The number of rotatable bonds is 1. The van der Waals surface area contributed by atoms with E-state index in [2.05, 4.69) is 10.4 Å². The highest BCUT2D eigenvalue weighted by molar-refractivity contribution is 5.86. The molecule has 0 aliphatic rings.